The highest BCUT2D eigenvalue weighted by molar-refractivity contribution is 5.94. The minimum Gasteiger partial charge on any atom is -0.457 e. The Labute approximate surface area is 124 Å². The molecule has 0 radical (unpaired) electrons. The van der Waals surface area contributed by atoms with E-state index in [1.54, 1.807) is 12.1 Å². The molecule has 1 amide bonds. The number of para-hydroxylation sites is 1. The molecule has 0 heterocycles. The molecule has 0 saturated heterocycles. The smallest absolute Gasteiger partial charge is 0.241 e. The summed E-state index contributed by atoms with van der Waals surface area (Å²) in [4.78, 5) is 11.9. The number of hydrogen-bond acceptors (Lipinski definition) is 3. The molecular formula is C17H20N2O2. The normalized spacial score (nSPS) is 12.0. The second-order valence-electron chi connectivity index (χ2n) is 5.20. The van der Waals surface area contributed by atoms with Crippen LogP contribution in [0.5, 0.6) is 11.5 Å². The van der Waals surface area contributed by atoms with Gasteiger partial charge in [-0.15, -0.1) is 0 Å². The predicted molar refractivity (Wildman–Crippen MR) is 84.4 cm³/mol. The summed E-state index contributed by atoms with van der Waals surface area (Å²) in [6.45, 7) is 3.84. The second kappa shape index (κ2) is 6.90. The van der Waals surface area contributed by atoms with E-state index in [2.05, 4.69) is 5.32 Å². The lowest BCUT2D eigenvalue weighted by atomic mass is 10.1. The summed E-state index contributed by atoms with van der Waals surface area (Å²) in [5.74, 6) is 1.41. The molecule has 2 rings (SSSR count). The molecule has 0 bridgehead atoms. The van der Waals surface area contributed by atoms with Gasteiger partial charge in [-0.1, -0.05) is 32.0 Å². The molecule has 0 fully saturated rings. The van der Waals surface area contributed by atoms with E-state index < -0.39 is 6.04 Å². The van der Waals surface area contributed by atoms with Gasteiger partial charge in [-0.05, 0) is 42.3 Å². The second-order valence-corrected chi connectivity index (χ2v) is 5.20. The van der Waals surface area contributed by atoms with Gasteiger partial charge in [0.1, 0.15) is 11.5 Å². The van der Waals surface area contributed by atoms with E-state index in [1.807, 2.05) is 56.3 Å². The zero-order chi connectivity index (χ0) is 15.2. The fourth-order valence-electron chi connectivity index (χ4n) is 1.76. The van der Waals surface area contributed by atoms with E-state index in [4.69, 9.17) is 10.5 Å². The minimum absolute atomic E-state index is 0.102. The number of benzene rings is 2. The fourth-order valence-corrected chi connectivity index (χ4v) is 1.76. The van der Waals surface area contributed by atoms with Crippen LogP contribution in [-0.4, -0.2) is 11.9 Å². The lowest BCUT2D eigenvalue weighted by Gasteiger charge is -2.15. The molecule has 0 aliphatic rings. The monoisotopic (exact) mass is 284 g/mol. The van der Waals surface area contributed by atoms with E-state index in [9.17, 15) is 4.79 Å². The number of carbonyl (C=O) groups is 1. The molecule has 1 atom stereocenters. The van der Waals surface area contributed by atoms with E-state index in [0.717, 1.165) is 5.75 Å². The number of rotatable bonds is 5. The maximum atomic E-state index is 11.9. The molecule has 1 unspecified atom stereocenters. The van der Waals surface area contributed by atoms with Crippen LogP contribution in [0.3, 0.4) is 0 Å². The number of anilines is 1. The molecule has 110 valence electrons. The lowest BCUT2D eigenvalue weighted by molar-refractivity contribution is -0.118. The third-order valence-corrected chi connectivity index (χ3v) is 3.12. The zero-order valence-electron chi connectivity index (χ0n) is 12.2. The molecule has 0 aliphatic heterocycles. The third kappa shape index (κ3) is 4.33. The van der Waals surface area contributed by atoms with Crippen molar-refractivity contribution in [2.45, 2.75) is 19.9 Å². The van der Waals surface area contributed by atoms with Crippen molar-refractivity contribution in [3.8, 4) is 11.5 Å². The summed E-state index contributed by atoms with van der Waals surface area (Å²) in [5.41, 5.74) is 6.51. The average molecular weight is 284 g/mol. The number of nitrogens with one attached hydrogen (secondary N) is 1. The van der Waals surface area contributed by atoms with Crippen molar-refractivity contribution < 1.29 is 9.53 Å². The number of ether oxygens (including phenoxy) is 1. The highest BCUT2D eigenvalue weighted by atomic mass is 16.5. The van der Waals surface area contributed by atoms with Crippen molar-refractivity contribution in [1.29, 1.82) is 0 Å². The fraction of sp³-hybridized carbons (Fsp3) is 0.235. The topological polar surface area (TPSA) is 64.4 Å². The Hall–Kier alpha value is -2.33. The molecule has 0 aliphatic carbocycles. The predicted octanol–water partition coefficient (Wildman–Crippen LogP) is 3.40. The highest BCUT2D eigenvalue weighted by Crippen LogP contribution is 2.22. The number of amides is 1. The van der Waals surface area contributed by atoms with Crippen molar-refractivity contribution in [2.24, 2.45) is 11.7 Å². The molecule has 4 heteroatoms. The molecule has 2 aromatic rings. The summed E-state index contributed by atoms with van der Waals surface area (Å²) in [5, 5.41) is 2.79. The Morgan fingerprint density at radius 3 is 2.14 bits per heavy atom. The minimum atomic E-state index is -0.509. The van der Waals surface area contributed by atoms with Crippen molar-refractivity contribution >= 4 is 11.6 Å². The van der Waals surface area contributed by atoms with Gasteiger partial charge < -0.3 is 15.8 Å². The number of nitrogens with two attached hydrogens (primary N) is 1. The van der Waals surface area contributed by atoms with Crippen molar-refractivity contribution in [3.05, 3.63) is 54.6 Å². The number of hydrogen-bond donors (Lipinski definition) is 2. The number of carbonyl (C=O) groups excluding carboxylic acids is 1. The SMILES string of the molecule is CC(C)C(N)C(=O)Nc1ccc(Oc2ccccc2)cc1. The molecule has 0 spiro atoms. The van der Waals surface area contributed by atoms with Crippen LogP contribution in [0.2, 0.25) is 0 Å². The first-order valence-electron chi connectivity index (χ1n) is 6.95. The van der Waals surface area contributed by atoms with E-state index in [-0.39, 0.29) is 11.8 Å². The third-order valence-electron chi connectivity index (χ3n) is 3.12. The molecule has 0 aromatic heterocycles. The average Bonchev–Trinajstić information content (AvgIpc) is 2.49. The highest BCUT2D eigenvalue weighted by Gasteiger charge is 2.16. The lowest BCUT2D eigenvalue weighted by Crippen LogP contribution is -2.39. The summed E-state index contributed by atoms with van der Waals surface area (Å²) in [6, 6.07) is 16.2. The first-order chi connectivity index (χ1) is 10.1. The Morgan fingerprint density at radius 2 is 1.57 bits per heavy atom. The van der Waals surface area contributed by atoms with Gasteiger partial charge in [0.25, 0.3) is 0 Å². The van der Waals surface area contributed by atoms with Crippen LogP contribution >= 0.6 is 0 Å². The zero-order valence-corrected chi connectivity index (χ0v) is 12.2. The van der Waals surface area contributed by atoms with Crippen molar-refractivity contribution in [3.63, 3.8) is 0 Å². The van der Waals surface area contributed by atoms with E-state index in [0.29, 0.717) is 11.4 Å². The molecule has 3 N–H and O–H groups in total. The Kier molecular flexibility index (Phi) is 4.95. The summed E-state index contributed by atoms with van der Waals surface area (Å²) in [6.07, 6.45) is 0. The van der Waals surface area contributed by atoms with Gasteiger partial charge in [0.05, 0.1) is 6.04 Å². The van der Waals surface area contributed by atoms with Crippen LogP contribution in [0.1, 0.15) is 13.8 Å². The first-order valence-corrected chi connectivity index (χ1v) is 6.95. The molecule has 21 heavy (non-hydrogen) atoms. The molecule has 2 aromatic carbocycles. The van der Waals surface area contributed by atoms with Gasteiger partial charge in [-0.2, -0.15) is 0 Å². The van der Waals surface area contributed by atoms with Gasteiger partial charge in [-0.3, -0.25) is 4.79 Å². The maximum Gasteiger partial charge on any atom is 0.241 e. The molecule has 0 saturated carbocycles. The van der Waals surface area contributed by atoms with Crippen LogP contribution in [0, 0.1) is 5.92 Å². The maximum absolute atomic E-state index is 11.9. The molecular weight excluding hydrogens is 264 g/mol. The Morgan fingerprint density at radius 1 is 1.00 bits per heavy atom. The largest absolute Gasteiger partial charge is 0.457 e. The standard InChI is InChI=1S/C17H20N2O2/c1-12(2)16(18)17(20)19-13-8-10-15(11-9-13)21-14-6-4-3-5-7-14/h3-12,16H,18H2,1-2H3,(H,19,20). The summed E-state index contributed by atoms with van der Waals surface area (Å²) >= 11 is 0. The van der Waals surface area contributed by atoms with Crippen LogP contribution in [0.25, 0.3) is 0 Å². The van der Waals surface area contributed by atoms with Crippen LogP contribution in [0.4, 0.5) is 5.69 Å². The van der Waals surface area contributed by atoms with E-state index >= 15 is 0 Å². The van der Waals surface area contributed by atoms with Gasteiger partial charge in [0, 0.05) is 5.69 Å². The summed E-state index contributed by atoms with van der Waals surface area (Å²) in [7, 11) is 0. The quantitative estimate of drug-likeness (QED) is 0.884. The Bertz CT molecular complexity index is 579. The Balaban J connectivity index is 1.98. The molecule has 4 nitrogen and oxygen atoms in total. The van der Waals surface area contributed by atoms with Crippen LogP contribution < -0.4 is 15.8 Å². The van der Waals surface area contributed by atoms with Crippen molar-refractivity contribution in [2.75, 3.05) is 5.32 Å². The van der Waals surface area contributed by atoms with E-state index in [1.165, 1.54) is 0 Å². The summed E-state index contributed by atoms with van der Waals surface area (Å²) < 4.78 is 5.69. The van der Waals surface area contributed by atoms with Crippen LogP contribution in [-0.2, 0) is 4.79 Å². The van der Waals surface area contributed by atoms with Gasteiger partial charge in [0.15, 0.2) is 0 Å². The van der Waals surface area contributed by atoms with Gasteiger partial charge >= 0.3 is 0 Å². The van der Waals surface area contributed by atoms with Gasteiger partial charge in [0.2, 0.25) is 5.91 Å². The first kappa shape index (κ1) is 15.1. The van der Waals surface area contributed by atoms with Gasteiger partial charge in [-0.25, -0.2) is 0 Å². The van der Waals surface area contributed by atoms with Crippen molar-refractivity contribution in [1.82, 2.24) is 0 Å². The van der Waals surface area contributed by atoms with Crippen LogP contribution in [0.15, 0.2) is 54.6 Å².